The molecule has 3 heterocycles. The average molecular weight is 497 g/mol. The lowest BCUT2D eigenvalue weighted by molar-refractivity contribution is -0.141. The Hall–Kier alpha value is -3.26. The smallest absolute Gasteiger partial charge is 0.374 e. The monoisotopic (exact) mass is 496 g/mol. The molecular weight excluding hydrogens is 460 g/mol. The summed E-state index contributed by atoms with van der Waals surface area (Å²) in [4.78, 5) is 16.6. The van der Waals surface area contributed by atoms with E-state index in [9.17, 15) is 9.90 Å². The van der Waals surface area contributed by atoms with Crippen molar-refractivity contribution in [1.29, 1.82) is 0 Å². The van der Waals surface area contributed by atoms with Gasteiger partial charge >= 0.3 is 5.97 Å². The van der Waals surface area contributed by atoms with Crippen LogP contribution >= 0.6 is 0 Å². The zero-order valence-electron chi connectivity index (χ0n) is 21.6. The highest BCUT2D eigenvalue weighted by molar-refractivity contribution is 5.95. The molecule has 0 fully saturated rings. The molecule has 0 saturated heterocycles. The second-order valence-corrected chi connectivity index (χ2v) is 9.49. The Balaban J connectivity index is 1.68. The summed E-state index contributed by atoms with van der Waals surface area (Å²) >= 11 is 0. The van der Waals surface area contributed by atoms with Crippen LogP contribution in [0, 0.1) is 0 Å². The lowest BCUT2D eigenvalue weighted by atomic mass is 9.88. The number of ether oxygens (including phenoxy) is 4. The predicted molar refractivity (Wildman–Crippen MR) is 136 cm³/mol. The van der Waals surface area contributed by atoms with Gasteiger partial charge in [0.2, 0.25) is 5.76 Å². The average Bonchev–Trinajstić information content (AvgIpc) is 3.54. The number of rotatable bonds is 11. The van der Waals surface area contributed by atoms with Crippen LogP contribution in [0.15, 0.2) is 42.7 Å². The van der Waals surface area contributed by atoms with Gasteiger partial charge in [0.25, 0.3) is 0 Å². The standard InChI is InChI=1S/C28H36N2O6/c1-5-7-8-9-11-28(3,32)24-16-20-21(36-24)17-22-25(26(20)33-4)19(10-13-30-14-12-29-18-30)15-23(35-22)27(31)34-6-2/h10,12,14-15,17-18,24,32H,5-9,11,13,16H2,1-4H3/b19-10+/t24-,28-/m0/s1. The Kier molecular flexibility index (Phi) is 8.04. The third-order valence-electron chi connectivity index (χ3n) is 6.75. The van der Waals surface area contributed by atoms with Crippen LogP contribution in [0.1, 0.15) is 64.0 Å². The second-order valence-electron chi connectivity index (χ2n) is 9.49. The van der Waals surface area contributed by atoms with Crippen molar-refractivity contribution < 1.29 is 28.8 Å². The Bertz CT molecular complexity index is 1130. The first-order valence-corrected chi connectivity index (χ1v) is 12.7. The summed E-state index contributed by atoms with van der Waals surface area (Å²) in [6.45, 7) is 6.56. The molecule has 0 spiro atoms. The topological polar surface area (TPSA) is 92.0 Å². The second kappa shape index (κ2) is 11.2. The van der Waals surface area contributed by atoms with Gasteiger partial charge in [-0.15, -0.1) is 0 Å². The molecule has 2 aliphatic heterocycles. The number of unbranched alkanes of at least 4 members (excludes halogenated alkanes) is 3. The number of hydrogen-bond acceptors (Lipinski definition) is 7. The molecule has 8 nitrogen and oxygen atoms in total. The van der Waals surface area contributed by atoms with E-state index in [0.29, 0.717) is 36.6 Å². The molecule has 1 N–H and O–H groups in total. The zero-order chi connectivity index (χ0) is 25.7. The van der Waals surface area contributed by atoms with E-state index < -0.39 is 17.7 Å². The molecule has 2 aliphatic rings. The van der Waals surface area contributed by atoms with Gasteiger partial charge in [-0.1, -0.05) is 38.7 Å². The number of imidazole rings is 1. The van der Waals surface area contributed by atoms with Gasteiger partial charge in [-0.3, -0.25) is 0 Å². The van der Waals surface area contributed by atoms with Crippen LogP contribution in [-0.4, -0.2) is 46.0 Å². The molecule has 0 saturated carbocycles. The summed E-state index contributed by atoms with van der Waals surface area (Å²) in [6.07, 6.45) is 14.1. The molecule has 1 aromatic heterocycles. The van der Waals surface area contributed by atoms with Gasteiger partial charge in [0, 0.05) is 37.0 Å². The van der Waals surface area contributed by atoms with Crippen LogP contribution in [0.25, 0.3) is 5.57 Å². The Labute approximate surface area is 212 Å². The number of esters is 1. The molecule has 36 heavy (non-hydrogen) atoms. The first-order chi connectivity index (χ1) is 17.4. The van der Waals surface area contributed by atoms with Crippen molar-refractivity contribution in [2.75, 3.05) is 13.7 Å². The number of hydrogen-bond donors (Lipinski definition) is 1. The lowest BCUT2D eigenvalue weighted by Crippen LogP contribution is -2.42. The van der Waals surface area contributed by atoms with E-state index in [-0.39, 0.29) is 12.4 Å². The number of carbonyl (C=O) groups excluding carboxylic acids is 1. The van der Waals surface area contributed by atoms with E-state index in [1.165, 1.54) is 0 Å². The summed E-state index contributed by atoms with van der Waals surface area (Å²) in [5.74, 6) is 1.24. The van der Waals surface area contributed by atoms with Crippen LogP contribution in [0.2, 0.25) is 0 Å². The molecule has 2 aromatic rings. The Morgan fingerprint density at radius 1 is 1.31 bits per heavy atom. The van der Waals surface area contributed by atoms with Gasteiger partial charge < -0.3 is 28.6 Å². The van der Waals surface area contributed by atoms with Gasteiger partial charge in [-0.2, -0.15) is 0 Å². The fraction of sp³-hybridized carbons (Fsp3) is 0.500. The molecule has 1 aromatic carbocycles. The third kappa shape index (κ3) is 5.43. The minimum Gasteiger partial charge on any atom is -0.496 e. The maximum atomic E-state index is 12.6. The van der Waals surface area contributed by atoms with Crippen molar-refractivity contribution in [3.8, 4) is 17.2 Å². The minimum atomic E-state index is -0.979. The number of benzene rings is 1. The lowest BCUT2D eigenvalue weighted by Gasteiger charge is -2.29. The van der Waals surface area contributed by atoms with E-state index in [4.69, 9.17) is 18.9 Å². The van der Waals surface area contributed by atoms with E-state index >= 15 is 0 Å². The van der Waals surface area contributed by atoms with Crippen molar-refractivity contribution in [3.63, 3.8) is 0 Å². The Morgan fingerprint density at radius 3 is 2.83 bits per heavy atom. The van der Waals surface area contributed by atoms with Crippen LogP contribution in [0.5, 0.6) is 17.2 Å². The van der Waals surface area contributed by atoms with Crippen molar-refractivity contribution >= 4 is 11.5 Å². The maximum Gasteiger partial charge on any atom is 0.374 e. The van der Waals surface area contributed by atoms with Crippen LogP contribution < -0.4 is 14.2 Å². The highest BCUT2D eigenvalue weighted by Gasteiger charge is 2.41. The number of methoxy groups -OCH3 is 1. The van der Waals surface area contributed by atoms with Gasteiger partial charge in [-0.25, -0.2) is 9.78 Å². The number of fused-ring (bicyclic) bond motifs is 2. The number of aliphatic hydroxyl groups is 1. The molecule has 4 rings (SSSR count). The highest BCUT2D eigenvalue weighted by Crippen LogP contribution is 2.50. The minimum absolute atomic E-state index is 0.0979. The fourth-order valence-electron chi connectivity index (χ4n) is 4.75. The highest BCUT2D eigenvalue weighted by atomic mass is 16.6. The van der Waals surface area contributed by atoms with E-state index in [2.05, 4.69) is 11.9 Å². The van der Waals surface area contributed by atoms with Crippen LogP contribution in [0.4, 0.5) is 0 Å². The number of allylic oxidation sites excluding steroid dienone is 3. The van der Waals surface area contributed by atoms with E-state index in [1.807, 2.05) is 23.8 Å². The molecule has 0 unspecified atom stereocenters. The molecular formula is C28H36N2O6. The van der Waals surface area contributed by atoms with Crippen molar-refractivity contribution in [2.45, 2.75) is 77.5 Å². The van der Waals surface area contributed by atoms with E-state index in [1.54, 1.807) is 38.7 Å². The molecule has 0 aliphatic carbocycles. The number of nitrogens with zero attached hydrogens (tertiary/aromatic N) is 2. The summed E-state index contributed by atoms with van der Waals surface area (Å²) in [5, 5.41) is 11.2. The third-order valence-corrected chi connectivity index (χ3v) is 6.75. The number of aromatic nitrogens is 2. The van der Waals surface area contributed by atoms with Crippen molar-refractivity contribution in [1.82, 2.24) is 9.55 Å². The normalized spacial score (nSPS) is 19.0. The molecule has 2 atom stereocenters. The summed E-state index contributed by atoms with van der Waals surface area (Å²) in [7, 11) is 1.62. The number of carbonyl (C=O) groups is 1. The van der Waals surface area contributed by atoms with E-state index in [0.717, 1.165) is 42.4 Å². The molecule has 0 amide bonds. The maximum absolute atomic E-state index is 12.6. The first-order valence-electron chi connectivity index (χ1n) is 12.7. The van der Waals surface area contributed by atoms with Crippen LogP contribution in [-0.2, 0) is 22.5 Å². The predicted octanol–water partition coefficient (Wildman–Crippen LogP) is 4.84. The summed E-state index contributed by atoms with van der Waals surface area (Å²) < 4.78 is 25.3. The molecule has 194 valence electrons. The summed E-state index contributed by atoms with van der Waals surface area (Å²) in [6, 6.07) is 1.79. The van der Waals surface area contributed by atoms with Gasteiger partial charge in [0.15, 0.2) is 0 Å². The van der Waals surface area contributed by atoms with Gasteiger partial charge in [0.1, 0.15) is 23.4 Å². The summed E-state index contributed by atoms with van der Waals surface area (Å²) in [5.41, 5.74) is 1.44. The van der Waals surface area contributed by atoms with Gasteiger partial charge in [0.05, 0.1) is 31.2 Å². The fourth-order valence-corrected chi connectivity index (χ4v) is 4.75. The molecule has 0 radical (unpaired) electrons. The zero-order valence-corrected chi connectivity index (χ0v) is 21.6. The van der Waals surface area contributed by atoms with Crippen molar-refractivity contribution in [2.24, 2.45) is 0 Å². The molecule has 0 bridgehead atoms. The van der Waals surface area contributed by atoms with Crippen LogP contribution in [0.3, 0.4) is 0 Å². The molecule has 8 heteroatoms. The Morgan fingerprint density at radius 2 is 2.14 bits per heavy atom. The van der Waals surface area contributed by atoms with Gasteiger partial charge in [-0.05, 0) is 31.9 Å². The largest absolute Gasteiger partial charge is 0.496 e. The SMILES string of the molecule is CCCCCC[C@](C)(O)[C@@H]1Cc2c(cc3c(c2OC)/C(=C/Cn2ccnc2)C=C(C(=O)OCC)O3)O1. The quantitative estimate of drug-likeness (QED) is 0.352. The van der Waals surface area contributed by atoms with Crippen molar-refractivity contribution in [3.05, 3.63) is 53.8 Å². The first kappa shape index (κ1) is 25.8.